The van der Waals surface area contributed by atoms with Crippen LogP contribution in [-0.4, -0.2) is 15.5 Å². The molecule has 1 aliphatic carbocycles. The van der Waals surface area contributed by atoms with Crippen molar-refractivity contribution in [1.29, 1.82) is 0 Å². The van der Waals surface area contributed by atoms with E-state index in [-0.39, 0.29) is 11.9 Å². The predicted octanol–water partition coefficient (Wildman–Crippen LogP) is 4.82. The van der Waals surface area contributed by atoms with Gasteiger partial charge in [-0.2, -0.15) is 0 Å². The van der Waals surface area contributed by atoms with Gasteiger partial charge in [0.05, 0.1) is 16.6 Å². The van der Waals surface area contributed by atoms with Gasteiger partial charge in [-0.15, -0.1) is 0 Å². The summed E-state index contributed by atoms with van der Waals surface area (Å²) in [5, 5.41) is 5.15. The fraction of sp³-hybridized carbons (Fsp3) is 0.381. The fourth-order valence-electron chi connectivity index (χ4n) is 4.13. The molecule has 0 saturated heterocycles. The van der Waals surface area contributed by atoms with Crippen molar-refractivity contribution in [2.24, 2.45) is 0 Å². The number of benzene rings is 1. The van der Waals surface area contributed by atoms with E-state index in [0.717, 1.165) is 35.5 Å². The van der Waals surface area contributed by atoms with E-state index in [1.807, 2.05) is 12.1 Å². The maximum Gasteiger partial charge on any atom is 0.222 e. The number of para-hydroxylation sites is 1. The topological polar surface area (TPSA) is 49.8 Å². The van der Waals surface area contributed by atoms with Crippen LogP contribution < -0.4 is 5.32 Å². The number of nitrogens with one attached hydrogen (secondary N) is 2. The molecule has 1 unspecified atom stereocenters. The van der Waals surface area contributed by atoms with Crippen LogP contribution in [0.5, 0.6) is 0 Å². The van der Waals surface area contributed by atoms with Crippen LogP contribution in [-0.2, 0) is 17.8 Å². The van der Waals surface area contributed by atoms with Crippen LogP contribution in [0.4, 0.5) is 0 Å². The predicted molar refractivity (Wildman–Crippen MR) is 106 cm³/mol. The second-order valence-electron chi connectivity index (χ2n) is 7.21. The Morgan fingerprint density at radius 3 is 2.81 bits per heavy atom. The van der Waals surface area contributed by atoms with E-state index in [1.54, 1.807) is 0 Å². The van der Waals surface area contributed by atoms with Gasteiger partial charge in [0.25, 0.3) is 0 Å². The number of hydrogen-bond donors (Lipinski definition) is 2. The lowest BCUT2D eigenvalue weighted by molar-refractivity contribution is -0.122. The third-order valence-corrected chi connectivity index (χ3v) is 5.82. The summed E-state index contributed by atoms with van der Waals surface area (Å²) < 4.78 is 2.19. The van der Waals surface area contributed by atoms with Crippen molar-refractivity contribution in [2.45, 2.75) is 52.1 Å². The van der Waals surface area contributed by atoms with Crippen molar-refractivity contribution in [3.63, 3.8) is 0 Å². The molecule has 2 heterocycles. The molecule has 1 aliphatic rings. The number of aromatic amines is 1. The standard InChI is InChI=1S/C21H24ClN3O/c1-13-9-10-14(2)25(13)12-11-19(26)23-18-8-4-6-16-15-5-3-7-17(22)20(15)24-21(16)18/h3,5,7,9-10,18,24H,4,6,8,11-12H2,1-2H3,(H,23,26). The van der Waals surface area contributed by atoms with Crippen LogP contribution in [0.15, 0.2) is 30.3 Å². The van der Waals surface area contributed by atoms with Gasteiger partial charge in [0, 0.05) is 35.4 Å². The van der Waals surface area contributed by atoms with E-state index in [2.05, 4.69) is 46.9 Å². The van der Waals surface area contributed by atoms with Crippen molar-refractivity contribution in [3.8, 4) is 0 Å². The Balaban J connectivity index is 1.50. The molecule has 2 aromatic heterocycles. The molecule has 26 heavy (non-hydrogen) atoms. The van der Waals surface area contributed by atoms with E-state index in [0.29, 0.717) is 13.0 Å². The minimum absolute atomic E-state index is 0.0431. The number of carbonyl (C=O) groups excluding carboxylic acids is 1. The second kappa shape index (κ2) is 6.84. The summed E-state index contributed by atoms with van der Waals surface area (Å²) >= 11 is 6.35. The Morgan fingerprint density at radius 1 is 1.27 bits per heavy atom. The molecule has 4 rings (SSSR count). The van der Waals surface area contributed by atoms with Crippen LogP contribution in [0.3, 0.4) is 0 Å². The van der Waals surface area contributed by atoms with E-state index >= 15 is 0 Å². The van der Waals surface area contributed by atoms with Gasteiger partial charge in [-0.1, -0.05) is 23.7 Å². The third kappa shape index (κ3) is 3.03. The van der Waals surface area contributed by atoms with Gasteiger partial charge in [-0.05, 0) is 56.9 Å². The first kappa shape index (κ1) is 17.2. The molecule has 3 aromatic rings. The van der Waals surface area contributed by atoms with Crippen molar-refractivity contribution >= 4 is 28.4 Å². The summed E-state index contributed by atoms with van der Waals surface area (Å²) in [6.45, 7) is 4.87. The third-order valence-electron chi connectivity index (χ3n) is 5.51. The van der Waals surface area contributed by atoms with Crippen LogP contribution in [0, 0.1) is 13.8 Å². The molecule has 0 radical (unpaired) electrons. The minimum atomic E-state index is 0.0431. The minimum Gasteiger partial charge on any atom is -0.355 e. The first-order valence-corrected chi connectivity index (χ1v) is 9.63. The number of nitrogens with zero attached hydrogens (tertiary/aromatic N) is 1. The smallest absolute Gasteiger partial charge is 0.222 e. The highest BCUT2D eigenvalue weighted by molar-refractivity contribution is 6.35. The average Bonchev–Trinajstić information content (AvgIpc) is 3.16. The Hall–Kier alpha value is -2.20. The number of amides is 1. The molecular formula is C21H24ClN3O. The molecule has 1 aromatic carbocycles. The summed E-state index contributed by atoms with van der Waals surface area (Å²) in [7, 11) is 0. The molecule has 1 amide bonds. The van der Waals surface area contributed by atoms with Crippen LogP contribution in [0.2, 0.25) is 5.02 Å². The normalized spacial score (nSPS) is 16.7. The molecule has 0 saturated carbocycles. The number of carbonyl (C=O) groups is 1. The molecular weight excluding hydrogens is 346 g/mol. The number of H-pyrrole nitrogens is 1. The summed E-state index contributed by atoms with van der Waals surface area (Å²) in [6, 6.07) is 10.2. The van der Waals surface area contributed by atoms with Gasteiger partial charge in [-0.3, -0.25) is 4.79 Å². The van der Waals surface area contributed by atoms with Gasteiger partial charge >= 0.3 is 0 Å². The summed E-state index contributed by atoms with van der Waals surface area (Å²) in [6.07, 6.45) is 3.56. The highest BCUT2D eigenvalue weighted by Gasteiger charge is 2.26. The van der Waals surface area contributed by atoms with E-state index in [4.69, 9.17) is 11.6 Å². The Morgan fingerprint density at radius 2 is 2.04 bits per heavy atom. The van der Waals surface area contributed by atoms with Crippen LogP contribution >= 0.6 is 11.6 Å². The zero-order chi connectivity index (χ0) is 18.3. The fourth-order valence-corrected chi connectivity index (χ4v) is 4.35. The number of hydrogen-bond acceptors (Lipinski definition) is 1. The maximum absolute atomic E-state index is 12.6. The molecule has 2 N–H and O–H groups in total. The molecule has 0 aliphatic heterocycles. The summed E-state index contributed by atoms with van der Waals surface area (Å²) in [5.41, 5.74) is 5.80. The lowest BCUT2D eigenvalue weighted by Gasteiger charge is -2.24. The van der Waals surface area contributed by atoms with Crippen LogP contribution in [0.25, 0.3) is 10.9 Å². The van der Waals surface area contributed by atoms with Gasteiger partial charge < -0.3 is 14.9 Å². The molecule has 4 nitrogen and oxygen atoms in total. The monoisotopic (exact) mass is 369 g/mol. The first-order chi connectivity index (χ1) is 12.5. The Bertz CT molecular complexity index is 950. The molecule has 1 atom stereocenters. The number of rotatable bonds is 4. The Labute approximate surface area is 158 Å². The lowest BCUT2D eigenvalue weighted by Crippen LogP contribution is -2.31. The van der Waals surface area contributed by atoms with Gasteiger partial charge in [-0.25, -0.2) is 0 Å². The Kier molecular flexibility index (Phi) is 4.53. The highest BCUT2D eigenvalue weighted by atomic mass is 35.5. The maximum atomic E-state index is 12.6. The van der Waals surface area contributed by atoms with E-state index in [9.17, 15) is 4.79 Å². The van der Waals surface area contributed by atoms with Crippen molar-refractivity contribution < 1.29 is 4.79 Å². The van der Waals surface area contributed by atoms with Gasteiger partial charge in [0.1, 0.15) is 0 Å². The van der Waals surface area contributed by atoms with E-state index in [1.165, 1.54) is 22.3 Å². The van der Waals surface area contributed by atoms with E-state index < -0.39 is 0 Å². The van der Waals surface area contributed by atoms with Crippen molar-refractivity contribution in [1.82, 2.24) is 14.9 Å². The number of aryl methyl sites for hydroxylation is 3. The van der Waals surface area contributed by atoms with Crippen molar-refractivity contribution in [3.05, 3.63) is 58.0 Å². The zero-order valence-corrected chi connectivity index (χ0v) is 16.0. The van der Waals surface area contributed by atoms with Gasteiger partial charge in [0.15, 0.2) is 0 Å². The lowest BCUT2D eigenvalue weighted by atomic mass is 9.91. The molecule has 0 spiro atoms. The molecule has 5 heteroatoms. The summed E-state index contributed by atoms with van der Waals surface area (Å²) in [4.78, 5) is 16.0. The highest BCUT2D eigenvalue weighted by Crippen LogP contribution is 2.36. The zero-order valence-electron chi connectivity index (χ0n) is 15.2. The van der Waals surface area contributed by atoms with Crippen LogP contribution in [0.1, 0.15) is 47.9 Å². The number of aromatic nitrogens is 2. The largest absolute Gasteiger partial charge is 0.355 e. The molecule has 0 bridgehead atoms. The number of halogens is 1. The SMILES string of the molecule is Cc1ccc(C)n1CCC(=O)NC1CCCc2c1[nH]c1c(Cl)cccc21. The second-order valence-corrected chi connectivity index (χ2v) is 7.62. The first-order valence-electron chi connectivity index (χ1n) is 9.25. The quantitative estimate of drug-likeness (QED) is 0.680. The molecule has 0 fully saturated rings. The number of fused-ring (bicyclic) bond motifs is 3. The summed E-state index contributed by atoms with van der Waals surface area (Å²) in [5.74, 6) is 0.0973. The van der Waals surface area contributed by atoms with Gasteiger partial charge in [0.2, 0.25) is 5.91 Å². The molecule has 136 valence electrons. The average molecular weight is 370 g/mol. The van der Waals surface area contributed by atoms with Crippen molar-refractivity contribution in [2.75, 3.05) is 0 Å².